The van der Waals surface area contributed by atoms with Crippen LogP contribution in [-0.2, 0) is 4.57 Å². The average molecular weight is 237 g/mol. The highest BCUT2D eigenvalue weighted by Gasteiger charge is 2.22. The van der Waals surface area contributed by atoms with Crippen molar-refractivity contribution in [3.05, 3.63) is 29.8 Å². The van der Waals surface area contributed by atoms with Gasteiger partial charge in [0.2, 0.25) is 0 Å². The van der Waals surface area contributed by atoms with Crippen LogP contribution < -0.4 is 10.6 Å². The van der Waals surface area contributed by atoms with Gasteiger partial charge in [-0.2, -0.15) is 0 Å². The lowest BCUT2D eigenvalue weighted by atomic mass is 9.90. The lowest BCUT2D eigenvalue weighted by Crippen LogP contribution is -2.28. The minimum absolute atomic E-state index is 0.589. The van der Waals surface area contributed by atoms with E-state index in [-0.39, 0.29) is 0 Å². The van der Waals surface area contributed by atoms with E-state index in [0.29, 0.717) is 5.92 Å². The summed E-state index contributed by atoms with van der Waals surface area (Å²) in [7, 11) is -2.14. The molecule has 0 saturated carbocycles. The Morgan fingerprint density at radius 3 is 2.44 bits per heavy atom. The second kappa shape index (κ2) is 4.73. The SMILES string of the molecule is CP(C)(=O)c1ccccc1C1CCNCC1. The number of hydrogen-bond donors (Lipinski definition) is 1. The largest absolute Gasteiger partial charge is 0.319 e. The van der Waals surface area contributed by atoms with Gasteiger partial charge >= 0.3 is 0 Å². The Bertz CT molecular complexity index is 404. The molecule has 0 amide bonds. The maximum Gasteiger partial charge on any atom is 0.110 e. The predicted octanol–water partition coefficient (Wildman–Crippen LogP) is 2.40. The van der Waals surface area contributed by atoms with Gasteiger partial charge in [0.15, 0.2) is 0 Å². The van der Waals surface area contributed by atoms with E-state index in [4.69, 9.17) is 0 Å². The van der Waals surface area contributed by atoms with Crippen molar-refractivity contribution >= 4 is 12.4 Å². The van der Waals surface area contributed by atoms with Crippen molar-refractivity contribution in [2.45, 2.75) is 18.8 Å². The van der Waals surface area contributed by atoms with Crippen molar-refractivity contribution in [1.82, 2.24) is 5.32 Å². The lowest BCUT2D eigenvalue weighted by Gasteiger charge is -2.26. The summed E-state index contributed by atoms with van der Waals surface area (Å²) >= 11 is 0. The molecular formula is C13H20NOP. The molecule has 1 saturated heterocycles. The monoisotopic (exact) mass is 237 g/mol. The molecule has 1 aromatic carbocycles. The molecule has 1 aliphatic heterocycles. The van der Waals surface area contributed by atoms with Gasteiger partial charge in [-0.15, -0.1) is 0 Å². The first-order chi connectivity index (χ1) is 7.59. The number of benzene rings is 1. The molecule has 1 aliphatic rings. The van der Waals surface area contributed by atoms with Crippen LogP contribution in [-0.4, -0.2) is 26.4 Å². The Hall–Kier alpha value is -0.590. The Morgan fingerprint density at radius 1 is 1.19 bits per heavy atom. The zero-order chi connectivity index (χ0) is 11.6. The number of nitrogens with one attached hydrogen (secondary N) is 1. The van der Waals surface area contributed by atoms with Crippen molar-refractivity contribution in [3.63, 3.8) is 0 Å². The van der Waals surface area contributed by atoms with Crippen LogP contribution in [0.3, 0.4) is 0 Å². The minimum Gasteiger partial charge on any atom is -0.319 e. The maximum absolute atomic E-state index is 12.3. The molecular weight excluding hydrogens is 217 g/mol. The molecule has 0 spiro atoms. The Morgan fingerprint density at radius 2 is 1.81 bits per heavy atom. The minimum atomic E-state index is -2.14. The Balaban J connectivity index is 2.36. The van der Waals surface area contributed by atoms with Crippen LogP contribution in [0.15, 0.2) is 24.3 Å². The third-order valence-electron chi connectivity index (χ3n) is 3.30. The van der Waals surface area contributed by atoms with E-state index in [1.807, 2.05) is 25.5 Å². The molecule has 1 heterocycles. The topological polar surface area (TPSA) is 29.1 Å². The second-order valence-electron chi connectivity index (χ2n) is 4.93. The van der Waals surface area contributed by atoms with E-state index in [1.54, 1.807) is 0 Å². The summed E-state index contributed by atoms with van der Waals surface area (Å²) in [6.45, 7) is 5.90. The van der Waals surface area contributed by atoms with Crippen LogP contribution in [0, 0.1) is 0 Å². The van der Waals surface area contributed by atoms with Gasteiger partial charge in [-0.25, -0.2) is 0 Å². The molecule has 0 bridgehead atoms. The zero-order valence-electron chi connectivity index (χ0n) is 10.1. The first kappa shape index (κ1) is 11.9. The van der Waals surface area contributed by atoms with Crippen molar-refractivity contribution in [3.8, 4) is 0 Å². The molecule has 0 aromatic heterocycles. The van der Waals surface area contributed by atoms with E-state index in [9.17, 15) is 4.57 Å². The van der Waals surface area contributed by atoms with Crippen molar-refractivity contribution < 1.29 is 4.57 Å². The van der Waals surface area contributed by atoms with E-state index in [1.165, 1.54) is 5.56 Å². The average Bonchev–Trinajstić information content (AvgIpc) is 2.29. The van der Waals surface area contributed by atoms with Gasteiger partial charge in [0, 0.05) is 5.30 Å². The van der Waals surface area contributed by atoms with E-state index >= 15 is 0 Å². The molecule has 1 N–H and O–H groups in total. The first-order valence-corrected chi connectivity index (χ1v) is 8.54. The third-order valence-corrected chi connectivity index (χ3v) is 4.86. The van der Waals surface area contributed by atoms with Crippen LogP contribution in [0.25, 0.3) is 0 Å². The summed E-state index contributed by atoms with van der Waals surface area (Å²) < 4.78 is 12.3. The van der Waals surface area contributed by atoms with E-state index in [0.717, 1.165) is 31.2 Å². The summed E-state index contributed by atoms with van der Waals surface area (Å²) in [5.41, 5.74) is 1.32. The van der Waals surface area contributed by atoms with Gasteiger partial charge in [-0.05, 0) is 50.7 Å². The van der Waals surface area contributed by atoms with Crippen LogP contribution in [0.1, 0.15) is 24.3 Å². The highest BCUT2D eigenvalue weighted by Crippen LogP contribution is 2.39. The lowest BCUT2D eigenvalue weighted by molar-refractivity contribution is 0.461. The van der Waals surface area contributed by atoms with E-state index < -0.39 is 7.14 Å². The smallest absolute Gasteiger partial charge is 0.110 e. The van der Waals surface area contributed by atoms with Crippen molar-refractivity contribution in [2.75, 3.05) is 26.4 Å². The second-order valence-corrected chi connectivity index (χ2v) is 8.12. The van der Waals surface area contributed by atoms with Gasteiger partial charge < -0.3 is 9.88 Å². The molecule has 0 aliphatic carbocycles. The van der Waals surface area contributed by atoms with Gasteiger partial charge in [-0.1, -0.05) is 24.3 Å². The standard InChI is InChI=1S/C13H20NOP/c1-16(2,15)13-6-4-3-5-12(13)11-7-9-14-10-8-11/h3-6,11,14H,7-10H2,1-2H3. The van der Waals surface area contributed by atoms with Crippen LogP contribution in [0.5, 0.6) is 0 Å². The fraction of sp³-hybridized carbons (Fsp3) is 0.538. The highest BCUT2D eigenvalue weighted by molar-refractivity contribution is 7.70. The summed E-state index contributed by atoms with van der Waals surface area (Å²) in [5, 5.41) is 4.46. The van der Waals surface area contributed by atoms with Crippen molar-refractivity contribution in [1.29, 1.82) is 0 Å². The molecule has 88 valence electrons. The van der Waals surface area contributed by atoms with E-state index in [2.05, 4.69) is 17.4 Å². The molecule has 1 aromatic rings. The number of piperidine rings is 1. The molecule has 0 radical (unpaired) electrons. The molecule has 0 unspecified atom stereocenters. The summed E-state index contributed by atoms with van der Waals surface area (Å²) in [4.78, 5) is 0. The van der Waals surface area contributed by atoms with Gasteiger partial charge in [0.05, 0.1) is 0 Å². The molecule has 2 nitrogen and oxygen atoms in total. The fourth-order valence-corrected chi connectivity index (χ4v) is 3.78. The molecule has 2 rings (SSSR count). The molecule has 1 fully saturated rings. The normalized spacial score (nSPS) is 18.6. The van der Waals surface area contributed by atoms with Crippen LogP contribution >= 0.6 is 7.14 Å². The summed E-state index contributed by atoms with van der Waals surface area (Å²) in [5.74, 6) is 0.589. The first-order valence-electron chi connectivity index (χ1n) is 5.94. The highest BCUT2D eigenvalue weighted by atomic mass is 31.2. The molecule has 16 heavy (non-hydrogen) atoms. The number of rotatable bonds is 2. The van der Waals surface area contributed by atoms with Gasteiger partial charge in [0.25, 0.3) is 0 Å². The summed E-state index contributed by atoms with van der Waals surface area (Å²) in [6.07, 6.45) is 2.33. The maximum atomic E-state index is 12.3. The van der Waals surface area contributed by atoms with Crippen LogP contribution in [0.2, 0.25) is 0 Å². The third kappa shape index (κ3) is 2.56. The molecule has 3 heteroatoms. The fourth-order valence-electron chi connectivity index (χ4n) is 2.46. The van der Waals surface area contributed by atoms with Crippen molar-refractivity contribution in [2.24, 2.45) is 0 Å². The van der Waals surface area contributed by atoms with Crippen LogP contribution in [0.4, 0.5) is 0 Å². The Kier molecular flexibility index (Phi) is 3.51. The molecule has 0 atom stereocenters. The zero-order valence-corrected chi connectivity index (χ0v) is 11.0. The quantitative estimate of drug-likeness (QED) is 0.800. The Labute approximate surface area is 97.8 Å². The number of hydrogen-bond acceptors (Lipinski definition) is 2. The predicted molar refractivity (Wildman–Crippen MR) is 70.4 cm³/mol. The van der Waals surface area contributed by atoms with Gasteiger partial charge in [0.1, 0.15) is 7.14 Å². The summed E-state index contributed by atoms with van der Waals surface area (Å²) in [6, 6.07) is 8.26. The van der Waals surface area contributed by atoms with Gasteiger partial charge in [-0.3, -0.25) is 0 Å².